The van der Waals surface area contributed by atoms with Crippen LogP contribution in [0.4, 0.5) is 11.5 Å². The van der Waals surface area contributed by atoms with Crippen LogP contribution in [0.15, 0.2) is 12.1 Å². The zero-order chi connectivity index (χ0) is 13.0. The number of ether oxygens (including phenoxy) is 1. The Hall–Kier alpha value is -1.45. The largest absolute Gasteiger partial charge is 0.473 e. The molecule has 1 aromatic heterocycles. The normalized spacial score (nSPS) is 14.8. The smallest absolute Gasteiger partial charge is 0.239 e. The van der Waals surface area contributed by atoms with Crippen molar-refractivity contribution >= 4 is 11.5 Å². The number of aromatic nitrogens is 1. The van der Waals surface area contributed by atoms with Crippen LogP contribution in [0.25, 0.3) is 0 Å². The van der Waals surface area contributed by atoms with Crippen molar-refractivity contribution in [3.05, 3.63) is 12.1 Å². The topological polar surface area (TPSA) is 60.2 Å². The van der Waals surface area contributed by atoms with Crippen LogP contribution in [0.3, 0.4) is 0 Å². The number of nitrogens with two attached hydrogens (primary N) is 1. The van der Waals surface area contributed by atoms with Gasteiger partial charge in [-0.05, 0) is 44.7 Å². The highest BCUT2D eigenvalue weighted by Crippen LogP contribution is 2.33. The Morgan fingerprint density at radius 1 is 1.44 bits per heavy atom. The van der Waals surface area contributed by atoms with E-state index in [-0.39, 0.29) is 6.10 Å². The predicted molar refractivity (Wildman–Crippen MR) is 74.9 cm³/mol. The number of rotatable bonds is 7. The van der Waals surface area contributed by atoms with E-state index in [1.165, 1.54) is 25.7 Å². The molecule has 0 bridgehead atoms. The number of nitrogens with one attached hydrogen (secondary N) is 1. The first-order valence-corrected chi connectivity index (χ1v) is 6.82. The molecule has 0 aliphatic heterocycles. The summed E-state index contributed by atoms with van der Waals surface area (Å²) in [5.41, 5.74) is 6.42. The molecule has 0 spiro atoms. The summed E-state index contributed by atoms with van der Waals surface area (Å²) in [6.07, 6.45) is 5.47. The van der Waals surface area contributed by atoms with Crippen LogP contribution in [0, 0.1) is 5.92 Å². The van der Waals surface area contributed by atoms with E-state index in [9.17, 15) is 0 Å². The quantitative estimate of drug-likeness (QED) is 0.729. The summed E-state index contributed by atoms with van der Waals surface area (Å²) >= 11 is 0. The Kier molecular flexibility index (Phi) is 4.28. The Labute approximate surface area is 109 Å². The molecule has 100 valence electrons. The first kappa shape index (κ1) is 13.0. The molecule has 0 atom stereocenters. The van der Waals surface area contributed by atoms with E-state index >= 15 is 0 Å². The standard InChI is InChI=1S/C14H23N3O/c1-10(2)18-14-12(15)7-8-13(17-14)16-9-3-4-11-5-6-11/h7-8,10-11H,3-6,9,15H2,1-2H3,(H,16,17). The lowest BCUT2D eigenvalue weighted by Gasteiger charge is -2.13. The zero-order valence-corrected chi connectivity index (χ0v) is 11.3. The molecular weight excluding hydrogens is 226 g/mol. The van der Waals surface area contributed by atoms with E-state index in [1.807, 2.05) is 26.0 Å². The van der Waals surface area contributed by atoms with Gasteiger partial charge in [0, 0.05) is 6.54 Å². The maximum atomic E-state index is 5.83. The summed E-state index contributed by atoms with van der Waals surface area (Å²) < 4.78 is 5.56. The molecule has 1 fully saturated rings. The van der Waals surface area contributed by atoms with E-state index in [0.717, 1.165) is 18.3 Å². The van der Waals surface area contributed by atoms with Gasteiger partial charge < -0.3 is 15.8 Å². The second-order valence-corrected chi connectivity index (χ2v) is 5.27. The maximum Gasteiger partial charge on any atom is 0.239 e. The number of nitrogens with zero attached hydrogens (tertiary/aromatic N) is 1. The molecule has 1 aliphatic carbocycles. The molecule has 4 heteroatoms. The lowest BCUT2D eigenvalue weighted by molar-refractivity contribution is 0.234. The maximum absolute atomic E-state index is 5.83. The Morgan fingerprint density at radius 2 is 2.22 bits per heavy atom. The Bertz CT molecular complexity index is 389. The van der Waals surface area contributed by atoms with Gasteiger partial charge in [0.1, 0.15) is 5.82 Å². The van der Waals surface area contributed by atoms with E-state index in [0.29, 0.717) is 11.6 Å². The van der Waals surface area contributed by atoms with Gasteiger partial charge in [0.25, 0.3) is 0 Å². The van der Waals surface area contributed by atoms with Gasteiger partial charge in [-0.15, -0.1) is 0 Å². The molecule has 1 aromatic rings. The fourth-order valence-corrected chi connectivity index (χ4v) is 1.88. The summed E-state index contributed by atoms with van der Waals surface area (Å²) in [7, 11) is 0. The SMILES string of the molecule is CC(C)Oc1nc(NCCCC2CC2)ccc1N. The number of hydrogen-bond acceptors (Lipinski definition) is 4. The van der Waals surface area contributed by atoms with Crippen molar-refractivity contribution in [3.63, 3.8) is 0 Å². The molecule has 0 unspecified atom stereocenters. The lowest BCUT2D eigenvalue weighted by atomic mass is 10.2. The summed E-state index contributed by atoms with van der Waals surface area (Å²) in [6, 6.07) is 3.74. The monoisotopic (exact) mass is 249 g/mol. The van der Waals surface area contributed by atoms with Crippen molar-refractivity contribution in [1.82, 2.24) is 4.98 Å². The fraction of sp³-hybridized carbons (Fsp3) is 0.643. The average Bonchev–Trinajstić information content (AvgIpc) is 3.12. The van der Waals surface area contributed by atoms with Crippen molar-refractivity contribution in [2.45, 2.75) is 45.6 Å². The van der Waals surface area contributed by atoms with E-state index in [2.05, 4.69) is 10.3 Å². The minimum absolute atomic E-state index is 0.0879. The van der Waals surface area contributed by atoms with Crippen LogP contribution in [-0.4, -0.2) is 17.6 Å². The average molecular weight is 249 g/mol. The molecule has 4 nitrogen and oxygen atoms in total. The van der Waals surface area contributed by atoms with E-state index < -0.39 is 0 Å². The number of anilines is 2. The van der Waals surface area contributed by atoms with Gasteiger partial charge in [0.2, 0.25) is 5.88 Å². The van der Waals surface area contributed by atoms with Crippen molar-refractivity contribution in [2.24, 2.45) is 5.92 Å². The highest BCUT2D eigenvalue weighted by Gasteiger charge is 2.19. The van der Waals surface area contributed by atoms with Crippen LogP contribution in [0.5, 0.6) is 5.88 Å². The molecule has 2 rings (SSSR count). The zero-order valence-electron chi connectivity index (χ0n) is 11.3. The fourth-order valence-electron chi connectivity index (χ4n) is 1.88. The van der Waals surface area contributed by atoms with Crippen molar-refractivity contribution in [2.75, 3.05) is 17.6 Å². The lowest BCUT2D eigenvalue weighted by Crippen LogP contribution is -2.11. The van der Waals surface area contributed by atoms with Crippen LogP contribution in [-0.2, 0) is 0 Å². The predicted octanol–water partition coefficient (Wildman–Crippen LogP) is 3.05. The molecule has 1 aliphatic rings. The van der Waals surface area contributed by atoms with Gasteiger partial charge in [-0.25, -0.2) is 0 Å². The molecular formula is C14H23N3O. The van der Waals surface area contributed by atoms with Crippen molar-refractivity contribution < 1.29 is 4.74 Å². The molecule has 1 saturated carbocycles. The van der Waals surface area contributed by atoms with Crippen LogP contribution in [0.2, 0.25) is 0 Å². The van der Waals surface area contributed by atoms with Crippen LogP contribution in [0.1, 0.15) is 39.5 Å². The molecule has 0 aromatic carbocycles. The van der Waals surface area contributed by atoms with Crippen LogP contribution < -0.4 is 15.8 Å². The van der Waals surface area contributed by atoms with Gasteiger partial charge in [0.15, 0.2) is 0 Å². The third kappa shape index (κ3) is 4.09. The molecule has 0 radical (unpaired) electrons. The number of nitrogen functional groups attached to an aromatic ring is 1. The van der Waals surface area contributed by atoms with Gasteiger partial charge in [-0.2, -0.15) is 4.98 Å². The first-order chi connectivity index (χ1) is 8.65. The summed E-state index contributed by atoms with van der Waals surface area (Å²) in [5, 5.41) is 3.32. The van der Waals surface area contributed by atoms with Gasteiger partial charge in [0.05, 0.1) is 11.8 Å². The Balaban J connectivity index is 1.82. The highest BCUT2D eigenvalue weighted by atomic mass is 16.5. The second kappa shape index (κ2) is 5.94. The highest BCUT2D eigenvalue weighted by molar-refractivity contribution is 5.53. The third-order valence-corrected chi connectivity index (χ3v) is 3.03. The summed E-state index contributed by atoms with van der Waals surface area (Å²) in [6.45, 7) is 4.91. The molecule has 0 saturated heterocycles. The second-order valence-electron chi connectivity index (χ2n) is 5.27. The third-order valence-electron chi connectivity index (χ3n) is 3.03. The molecule has 0 amide bonds. The molecule has 1 heterocycles. The van der Waals surface area contributed by atoms with Gasteiger partial charge in [-0.3, -0.25) is 0 Å². The van der Waals surface area contributed by atoms with E-state index in [4.69, 9.17) is 10.5 Å². The summed E-state index contributed by atoms with van der Waals surface area (Å²) in [4.78, 5) is 4.39. The van der Waals surface area contributed by atoms with Crippen LogP contribution >= 0.6 is 0 Å². The number of hydrogen-bond donors (Lipinski definition) is 2. The van der Waals surface area contributed by atoms with Crippen molar-refractivity contribution in [1.29, 1.82) is 0 Å². The Morgan fingerprint density at radius 3 is 2.89 bits per heavy atom. The van der Waals surface area contributed by atoms with Gasteiger partial charge >= 0.3 is 0 Å². The first-order valence-electron chi connectivity index (χ1n) is 6.82. The molecule has 18 heavy (non-hydrogen) atoms. The van der Waals surface area contributed by atoms with Gasteiger partial charge in [-0.1, -0.05) is 12.8 Å². The van der Waals surface area contributed by atoms with E-state index in [1.54, 1.807) is 0 Å². The minimum Gasteiger partial charge on any atom is -0.473 e. The number of pyridine rings is 1. The van der Waals surface area contributed by atoms with Crippen molar-refractivity contribution in [3.8, 4) is 5.88 Å². The molecule has 3 N–H and O–H groups in total. The minimum atomic E-state index is 0.0879. The summed E-state index contributed by atoms with van der Waals surface area (Å²) in [5.74, 6) is 2.36.